The molecule has 0 bridgehead atoms. The maximum atomic E-state index is 13.2. The van der Waals surface area contributed by atoms with Crippen molar-refractivity contribution in [3.63, 3.8) is 0 Å². The molecule has 0 aromatic heterocycles. The van der Waals surface area contributed by atoms with Crippen LogP contribution in [0.5, 0.6) is 0 Å². The summed E-state index contributed by atoms with van der Waals surface area (Å²) in [7, 11) is 0. The molecule has 3 heterocycles. The number of carboxylic acids is 1. The minimum absolute atomic E-state index is 0.128. The maximum Gasteiger partial charge on any atom is 0.408 e. The number of β-lactam (4-membered cyclic amide) rings is 1. The Hall–Kier alpha value is -2.24. The minimum atomic E-state index is -1.08. The highest BCUT2D eigenvalue weighted by atomic mass is 35.5. The van der Waals surface area contributed by atoms with Crippen LogP contribution in [0.3, 0.4) is 0 Å². The maximum absolute atomic E-state index is 13.2. The van der Waals surface area contributed by atoms with E-state index in [1.165, 1.54) is 22.9 Å². The topological polar surface area (TPSA) is 134 Å². The van der Waals surface area contributed by atoms with Crippen LogP contribution in [0, 0.1) is 0 Å². The van der Waals surface area contributed by atoms with Crippen LogP contribution in [0.2, 0.25) is 0 Å². The van der Waals surface area contributed by atoms with Gasteiger partial charge in [-0.05, 0) is 38.7 Å². The third kappa shape index (κ3) is 4.85. The van der Waals surface area contributed by atoms with E-state index in [4.69, 9.17) is 21.1 Å². The van der Waals surface area contributed by atoms with Gasteiger partial charge >= 0.3 is 12.1 Å². The first kappa shape index (κ1) is 23.9. The zero-order chi connectivity index (χ0) is 23.9. The number of carbonyl (C=O) groups excluding carboxylic acids is 3. The van der Waals surface area contributed by atoms with Gasteiger partial charge < -0.3 is 30.1 Å². The van der Waals surface area contributed by atoms with E-state index in [1.54, 1.807) is 13.8 Å². The third-order valence-electron chi connectivity index (χ3n) is 6.26. The van der Waals surface area contributed by atoms with Crippen LogP contribution in [0.4, 0.5) is 4.79 Å². The number of carbonyl (C=O) groups is 4. The van der Waals surface area contributed by atoms with Crippen molar-refractivity contribution in [2.75, 3.05) is 13.2 Å². The molecular weight excluding hydrogens is 474 g/mol. The van der Waals surface area contributed by atoms with Crippen LogP contribution < -0.4 is 10.6 Å². The highest BCUT2D eigenvalue weighted by Crippen LogP contribution is 2.46. The van der Waals surface area contributed by atoms with Gasteiger partial charge in [-0.3, -0.25) is 9.59 Å². The normalized spacial score (nSPS) is 29.4. The van der Waals surface area contributed by atoms with E-state index in [0.29, 0.717) is 18.6 Å². The predicted octanol–water partition coefficient (Wildman–Crippen LogP) is 1.34. The second kappa shape index (κ2) is 9.19. The van der Waals surface area contributed by atoms with Gasteiger partial charge in [0.15, 0.2) is 0 Å². The number of hydrogen-bond donors (Lipinski definition) is 3. The van der Waals surface area contributed by atoms with Gasteiger partial charge in [0.25, 0.3) is 5.91 Å². The van der Waals surface area contributed by atoms with E-state index in [-0.39, 0.29) is 17.4 Å². The van der Waals surface area contributed by atoms with Gasteiger partial charge in [-0.25, -0.2) is 9.59 Å². The molecule has 4 aliphatic rings. The van der Waals surface area contributed by atoms with Crippen molar-refractivity contribution < 1.29 is 33.8 Å². The molecule has 180 valence electrons. The molecule has 1 saturated heterocycles. The summed E-state index contributed by atoms with van der Waals surface area (Å²) in [6.07, 6.45) is 3.95. The largest absolute Gasteiger partial charge is 0.478 e. The molecule has 3 amide bonds. The number of hydrogen-bond acceptors (Lipinski definition) is 7. The average molecular weight is 500 g/mol. The van der Waals surface area contributed by atoms with E-state index in [9.17, 15) is 24.3 Å². The van der Waals surface area contributed by atoms with Crippen LogP contribution >= 0.6 is 23.4 Å². The lowest BCUT2D eigenvalue weighted by Crippen LogP contribution is -2.70. The van der Waals surface area contributed by atoms with E-state index in [2.05, 4.69) is 10.6 Å². The standard InChI is InChI=1S/C21H26ClN3O7S/c1-10-13(19(28)29)8-25-17(27)15(18(25)33-10)23-16(26)14(12-4-3-7-31-9-12)24-20(30)32-11(2)21(22)5-6-21/h4,8,10-11,14-15,18H,3,5-7,9H2,1-2H3,(H,23,26)(H,24,30)(H,28,29)/t10?,11?,14?,15?,18-/m1/s1. The number of alkyl carbamates (subject to hydrolysis) is 1. The number of rotatable bonds is 7. The van der Waals surface area contributed by atoms with Crippen LogP contribution in [0.15, 0.2) is 23.4 Å². The smallest absolute Gasteiger partial charge is 0.408 e. The van der Waals surface area contributed by atoms with Crippen molar-refractivity contribution in [3.05, 3.63) is 23.4 Å². The molecule has 33 heavy (non-hydrogen) atoms. The molecule has 1 saturated carbocycles. The van der Waals surface area contributed by atoms with Crippen molar-refractivity contribution in [1.29, 1.82) is 0 Å². The van der Waals surface area contributed by atoms with Gasteiger partial charge in [0, 0.05) is 11.4 Å². The number of halogens is 1. The van der Waals surface area contributed by atoms with Gasteiger partial charge in [0.2, 0.25) is 5.91 Å². The van der Waals surface area contributed by atoms with E-state index in [1.807, 2.05) is 6.08 Å². The third-order valence-corrected chi connectivity index (χ3v) is 8.38. The number of ether oxygens (including phenoxy) is 2. The summed E-state index contributed by atoms with van der Waals surface area (Å²) in [5, 5.41) is 13.8. The summed E-state index contributed by atoms with van der Waals surface area (Å²) >= 11 is 7.58. The SMILES string of the molecule is CC1S[C@@H]2C(NC(=O)C(NC(=O)OC(C)C3(Cl)CC3)C3=CCCOC3)C(=O)N2C=C1C(=O)O. The van der Waals surface area contributed by atoms with Crippen LogP contribution in [0.25, 0.3) is 0 Å². The Morgan fingerprint density at radius 3 is 2.73 bits per heavy atom. The lowest BCUT2D eigenvalue weighted by Gasteiger charge is -2.48. The zero-order valence-corrected chi connectivity index (χ0v) is 19.8. The molecule has 4 unspecified atom stereocenters. The Morgan fingerprint density at radius 1 is 1.39 bits per heavy atom. The predicted molar refractivity (Wildman–Crippen MR) is 120 cm³/mol. The number of nitrogens with one attached hydrogen (secondary N) is 2. The Balaban J connectivity index is 1.44. The Kier molecular flexibility index (Phi) is 6.66. The highest BCUT2D eigenvalue weighted by molar-refractivity contribution is 8.00. The van der Waals surface area contributed by atoms with E-state index >= 15 is 0 Å². The van der Waals surface area contributed by atoms with E-state index < -0.39 is 52.3 Å². The molecule has 1 aliphatic carbocycles. The molecule has 4 rings (SSSR count). The monoisotopic (exact) mass is 499 g/mol. The fraction of sp³-hybridized carbons (Fsp3) is 0.619. The molecule has 12 heteroatoms. The molecule has 0 aromatic rings. The van der Waals surface area contributed by atoms with Crippen LogP contribution in [-0.4, -0.2) is 80.8 Å². The molecule has 10 nitrogen and oxygen atoms in total. The van der Waals surface area contributed by atoms with E-state index in [0.717, 1.165) is 12.8 Å². The van der Waals surface area contributed by atoms with Gasteiger partial charge in [-0.15, -0.1) is 23.4 Å². The first-order chi connectivity index (χ1) is 15.6. The van der Waals surface area contributed by atoms with Crippen molar-refractivity contribution in [2.45, 2.75) is 66.8 Å². The molecule has 0 radical (unpaired) electrons. The minimum Gasteiger partial charge on any atom is -0.478 e. The highest BCUT2D eigenvalue weighted by Gasteiger charge is 2.52. The average Bonchev–Trinajstić information content (AvgIpc) is 3.54. The van der Waals surface area contributed by atoms with Crippen molar-refractivity contribution in [1.82, 2.24) is 15.5 Å². The molecule has 3 aliphatic heterocycles. The Morgan fingerprint density at radius 2 is 2.12 bits per heavy atom. The van der Waals surface area contributed by atoms with Gasteiger partial charge in [0.1, 0.15) is 23.6 Å². The summed E-state index contributed by atoms with van der Waals surface area (Å²) < 4.78 is 10.8. The number of aliphatic carboxylic acids is 1. The lowest BCUT2D eigenvalue weighted by atomic mass is 10.0. The quantitative estimate of drug-likeness (QED) is 0.271. The summed E-state index contributed by atoms with van der Waals surface area (Å²) in [5.74, 6) is -2.06. The first-order valence-corrected chi connectivity index (χ1v) is 12.1. The molecule has 5 atom stereocenters. The summed E-state index contributed by atoms with van der Waals surface area (Å²) in [6.45, 7) is 4.12. The number of nitrogens with zero attached hydrogens (tertiary/aromatic N) is 1. The molecular formula is C21H26ClN3O7S. The first-order valence-electron chi connectivity index (χ1n) is 10.8. The molecule has 3 N–H and O–H groups in total. The second-order valence-corrected chi connectivity index (χ2v) is 10.8. The Bertz CT molecular complexity index is 935. The summed E-state index contributed by atoms with van der Waals surface area (Å²) in [5.41, 5.74) is 0.694. The Labute approximate surface area is 200 Å². The number of fused-ring (bicyclic) bond motifs is 1. The van der Waals surface area contributed by atoms with Gasteiger partial charge in [-0.2, -0.15) is 0 Å². The molecule has 2 fully saturated rings. The van der Waals surface area contributed by atoms with Crippen LogP contribution in [0.1, 0.15) is 33.1 Å². The molecule has 0 spiro atoms. The van der Waals surface area contributed by atoms with Crippen molar-refractivity contribution in [2.24, 2.45) is 0 Å². The lowest BCUT2D eigenvalue weighted by molar-refractivity contribution is -0.145. The number of thioether (sulfide) groups is 1. The fourth-order valence-electron chi connectivity index (χ4n) is 3.95. The summed E-state index contributed by atoms with van der Waals surface area (Å²) in [4.78, 5) is 50.4. The fourth-order valence-corrected chi connectivity index (χ4v) is 5.46. The number of amides is 3. The zero-order valence-electron chi connectivity index (χ0n) is 18.2. The van der Waals surface area contributed by atoms with Gasteiger partial charge in [0.05, 0.1) is 23.7 Å². The molecule has 0 aromatic carbocycles. The summed E-state index contributed by atoms with van der Waals surface area (Å²) in [6, 6.07) is -1.91. The van der Waals surface area contributed by atoms with Crippen molar-refractivity contribution in [3.8, 4) is 0 Å². The van der Waals surface area contributed by atoms with Gasteiger partial charge in [-0.1, -0.05) is 6.08 Å². The van der Waals surface area contributed by atoms with Crippen molar-refractivity contribution >= 4 is 47.2 Å². The van der Waals surface area contributed by atoms with Crippen LogP contribution in [-0.2, 0) is 23.9 Å². The number of carboxylic acid groups (broad SMARTS) is 1. The second-order valence-electron chi connectivity index (χ2n) is 8.57. The number of alkyl halides is 1.